The van der Waals surface area contributed by atoms with E-state index in [1.807, 2.05) is 9.47 Å². The molecule has 1 fully saturated rings. The van der Waals surface area contributed by atoms with Crippen molar-refractivity contribution in [2.45, 2.75) is 0 Å². The molecule has 1 aliphatic rings. The standard InChI is InChI=1S/C3H6O4P2/c4-3(7-8)1-9-5-2-6-9/h1-2,8H2. The van der Waals surface area contributed by atoms with E-state index in [0.717, 1.165) is 0 Å². The highest BCUT2D eigenvalue weighted by atomic mass is 31.2. The average Bonchev–Trinajstić information content (AvgIpc) is 1.78. The lowest BCUT2D eigenvalue weighted by molar-refractivity contribution is -0.130. The van der Waals surface area contributed by atoms with E-state index < -0.39 is 8.38 Å². The van der Waals surface area contributed by atoms with Crippen LogP contribution in [-0.2, 0) is 18.4 Å². The molecule has 52 valence electrons. The van der Waals surface area contributed by atoms with Crippen LogP contribution in [0.1, 0.15) is 0 Å². The Morgan fingerprint density at radius 3 is 2.78 bits per heavy atom. The third kappa shape index (κ3) is 2.15. The topological polar surface area (TPSA) is 44.8 Å². The summed E-state index contributed by atoms with van der Waals surface area (Å²) in [6.07, 6.45) is 0.235. The van der Waals surface area contributed by atoms with Gasteiger partial charge in [0.1, 0.15) is 6.16 Å². The van der Waals surface area contributed by atoms with Crippen molar-refractivity contribution < 1.29 is 18.4 Å². The first kappa shape index (κ1) is 7.36. The molecule has 0 spiro atoms. The summed E-state index contributed by atoms with van der Waals surface area (Å²) in [5.41, 5.74) is 0. The Hall–Kier alpha value is 0.250. The van der Waals surface area contributed by atoms with Crippen molar-refractivity contribution in [3.8, 4) is 0 Å². The maximum Gasteiger partial charge on any atom is 0.316 e. The molecule has 0 aliphatic carbocycles. The normalized spacial score (nSPS) is 18.8. The van der Waals surface area contributed by atoms with Gasteiger partial charge >= 0.3 is 5.97 Å². The number of rotatable bonds is 2. The highest BCUT2D eigenvalue weighted by Crippen LogP contribution is 2.46. The summed E-state index contributed by atoms with van der Waals surface area (Å²) in [5.74, 6) is -0.314. The first-order chi connectivity index (χ1) is 4.33. The van der Waals surface area contributed by atoms with Crippen molar-refractivity contribution in [2.75, 3.05) is 13.0 Å². The molecule has 0 radical (unpaired) electrons. The largest absolute Gasteiger partial charge is 0.451 e. The molecule has 1 heterocycles. The quantitative estimate of drug-likeness (QED) is 0.567. The molecule has 6 heteroatoms. The van der Waals surface area contributed by atoms with E-state index in [9.17, 15) is 4.79 Å². The van der Waals surface area contributed by atoms with Crippen LogP contribution < -0.4 is 0 Å². The number of carbonyl (C=O) groups excluding carboxylic acids is 1. The fraction of sp³-hybridized carbons (Fsp3) is 0.667. The number of carbonyl (C=O) groups is 1. The summed E-state index contributed by atoms with van der Waals surface area (Å²) >= 11 is 0. The van der Waals surface area contributed by atoms with Crippen molar-refractivity contribution in [1.82, 2.24) is 0 Å². The highest BCUT2D eigenvalue weighted by Gasteiger charge is 2.23. The molecule has 0 aromatic heterocycles. The van der Waals surface area contributed by atoms with Gasteiger partial charge in [-0.15, -0.1) is 0 Å². The fourth-order valence-corrected chi connectivity index (χ4v) is 1.31. The first-order valence-electron chi connectivity index (χ1n) is 2.26. The van der Waals surface area contributed by atoms with E-state index in [1.54, 1.807) is 0 Å². The minimum Gasteiger partial charge on any atom is -0.451 e. The summed E-state index contributed by atoms with van der Waals surface area (Å²) in [4.78, 5) is 10.4. The molecule has 1 atom stereocenters. The van der Waals surface area contributed by atoms with Crippen LogP contribution in [0.4, 0.5) is 0 Å². The van der Waals surface area contributed by atoms with Crippen LogP contribution in [0, 0.1) is 0 Å². The second-order valence-electron chi connectivity index (χ2n) is 1.36. The van der Waals surface area contributed by atoms with Gasteiger partial charge in [-0.1, -0.05) is 0 Å². The van der Waals surface area contributed by atoms with E-state index in [4.69, 9.17) is 9.05 Å². The molecule has 0 N–H and O–H groups in total. The molecule has 0 amide bonds. The molecule has 4 nitrogen and oxygen atoms in total. The zero-order chi connectivity index (χ0) is 6.69. The van der Waals surface area contributed by atoms with Crippen LogP contribution in [0.25, 0.3) is 0 Å². The molecule has 1 aliphatic heterocycles. The molecule has 0 aromatic rings. The lowest BCUT2D eigenvalue weighted by Crippen LogP contribution is -2.13. The van der Waals surface area contributed by atoms with Crippen LogP contribution in [0.3, 0.4) is 0 Å². The zero-order valence-electron chi connectivity index (χ0n) is 4.57. The van der Waals surface area contributed by atoms with E-state index in [0.29, 0.717) is 6.79 Å². The van der Waals surface area contributed by atoms with Crippen LogP contribution in [0.5, 0.6) is 0 Å². The van der Waals surface area contributed by atoms with Gasteiger partial charge < -0.3 is 13.6 Å². The van der Waals surface area contributed by atoms with Crippen molar-refractivity contribution in [3.05, 3.63) is 0 Å². The molecular formula is C3H6O4P2. The van der Waals surface area contributed by atoms with Gasteiger partial charge in [0.05, 0.1) is 9.47 Å². The van der Waals surface area contributed by atoms with Crippen LogP contribution >= 0.6 is 17.8 Å². The third-order valence-electron chi connectivity index (χ3n) is 0.783. The molecule has 0 aromatic carbocycles. The molecule has 0 bridgehead atoms. The third-order valence-corrected chi connectivity index (χ3v) is 2.35. The molecular weight excluding hydrogens is 162 g/mol. The Labute approximate surface area is 56.1 Å². The van der Waals surface area contributed by atoms with Gasteiger partial charge in [0.15, 0.2) is 15.2 Å². The summed E-state index contributed by atoms with van der Waals surface area (Å²) in [6, 6.07) is 0. The maximum atomic E-state index is 10.4. The van der Waals surface area contributed by atoms with E-state index in [2.05, 4.69) is 4.52 Å². The Bertz CT molecular complexity index is 112. The summed E-state index contributed by atoms with van der Waals surface area (Å²) in [6.45, 7) is 0.315. The average molecular weight is 168 g/mol. The van der Waals surface area contributed by atoms with Gasteiger partial charge in [0.25, 0.3) is 0 Å². The summed E-state index contributed by atoms with van der Waals surface area (Å²) in [7, 11) is 0.948. The monoisotopic (exact) mass is 168 g/mol. The molecule has 1 rings (SSSR count). The summed E-state index contributed by atoms with van der Waals surface area (Å²) < 4.78 is 14.0. The Morgan fingerprint density at radius 2 is 2.44 bits per heavy atom. The predicted octanol–water partition coefficient (Wildman–Crippen LogP) is 0.636. The van der Waals surface area contributed by atoms with Crippen LogP contribution in [0.15, 0.2) is 0 Å². The van der Waals surface area contributed by atoms with Gasteiger partial charge in [-0.2, -0.15) is 0 Å². The Balaban J connectivity index is 2.09. The second-order valence-corrected chi connectivity index (χ2v) is 3.09. The van der Waals surface area contributed by atoms with E-state index in [1.165, 1.54) is 0 Å². The van der Waals surface area contributed by atoms with Crippen molar-refractivity contribution >= 4 is 23.8 Å². The fourth-order valence-electron chi connectivity index (χ4n) is 0.361. The molecule has 1 saturated heterocycles. The lowest BCUT2D eigenvalue weighted by Gasteiger charge is -2.23. The van der Waals surface area contributed by atoms with Gasteiger partial charge in [-0.05, 0) is 0 Å². The maximum absolute atomic E-state index is 10.4. The second kappa shape index (κ2) is 3.43. The minimum absolute atomic E-state index is 0.235. The van der Waals surface area contributed by atoms with Gasteiger partial charge in [0.2, 0.25) is 0 Å². The highest BCUT2D eigenvalue weighted by molar-refractivity contribution is 7.49. The van der Waals surface area contributed by atoms with Crippen molar-refractivity contribution in [3.63, 3.8) is 0 Å². The van der Waals surface area contributed by atoms with Crippen LogP contribution in [-0.4, -0.2) is 18.9 Å². The number of hydrogen-bond acceptors (Lipinski definition) is 4. The van der Waals surface area contributed by atoms with Gasteiger partial charge in [0, 0.05) is 0 Å². The smallest absolute Gasteiger partial charge is 0.316 e. The predicted molar refractivity (Wildman–Crippen MR) is 34.6 cm³/mol. The molecule has 1 unspecified atom stereocenters. The minimum atomic E-state index is -0.931. The van der Waals surface area contributed by atoms with E-state index in [-0.39, 0.29) is 12.1 Å². The van der Waals surface area contributed by atoms with Crippen molar-refractivity contribution in [2.24, 2.45) is 0 Å². The molecule has 0 saturated carbocycles. The van der Waals surface area contributed by atoms with Gasteiger partial charge in [-0.25, -0.2) is 0 Å². The van der Waals surface area contributed by atoms with Gasteiger partial charge in [-0.3, -0.25) is 4.79 Å². The SMILES string of the molecule is O=C(CP1OCO1)OP. The van der Waals surface area contributed by atoms with Crippen LogP contribution in [0.2, 0.25) is 0 Å². The Kier molecular flexibility index (Phi) is 2.80. The summed E-state index contributed by atoms with van der Waals surface area (Å²) in [5, 5.41) is 0. The van der Waals surface area contributed by atoms with E-state index >= 15 is 0 Å². The number of hydrogen-bond donors (Lipinski definition) is 0. The lowest BCUT2D eigenvalue weighted by atomic mass is 10.8. The first-order valence-corrected chi connectivity index (χ1v) is 4.09. The van der Waals surface area contributed by atoms with Crippen molar-refractivity contribution in [1.29, 1.82) is 0 Å². The Morgan fingerprint density at radius 1 is 1.78 bits per heavy atom. The molecule has 9 heavy (non-hydrogen) atoms. The zero-order valence-corrected chi connectivity index (χ0v) is 6.62.